The Kier molecular flexibility index (Phi) is 8.13. The molecule has 0 unspecified atom stereocenters. The highest BCUT2D eigenvalue weighted by Crippen LogP contribution is 2.44. The highest BCUT2D eigenvalue weighted by atomic mass is 28.4. The maximum atomic E-state index is 13.0. The summed E-state index contributed by atoms with van der Waals surface area (Å²) in [5.74, 6) is 0.993. The normalized spacial score (nSPS) is 18.5. The molecule has 2 N–H and O–H groups in total. The van der Waals surface area contributed by atoms with Gasteiger partial charge in [0.25, 0.3) is 5.91 Å². The van der Waals surface area contributed by atoms with Gasteiger partial charge >= 0.3 is 0 Å². The summed E-state index contributed by atoms with van der Waals surface area (Å²) < 4.78 is 8.46. The highest BCUT2D eigenvalue weighted by molar-refractivity contribution is 6.74. The number of hydrogen-bond acceptors (Lipinski definition) is 8. The Morgan fingerprint density at radius 1 is 1.23 bits per heavy atom. The number of nitriles is 1. The fourth-order valence-electron chi connectivity index (χ4n) is 5.37. The average Bonchev–Trinajstić information content (AvgIpc) is 3.71. The minimum absolute atomic E-state index is 0.0272. The van der Waals surface area contributed by atoms with E-state index in [0.29, 0.717) is 41.9 Å². The van der Waals surface area contributed by atoms with Gasteiger partial charge in [-0.05, 0) is 68.6 Å². The molecule has 0 radical (unpaired) electrons. The molecular formula is C32H44N8O2Si. The number of nitrogens with one attached hydrogen (secondary N) is 2. The molecule has 3 aromatic rings. The van der Waals surface area contributed by atoms with E-state index < -0.39 is 8.32 Å². The monoisotopic (exact) mass is 600 g/mol. The van der Waals surface area contributed by atoms with Crippen molar-refractivity contribution in [2.45, 2.75) is 84.0 Å². The highest BCUT2D eigenvalue weighted by Gasteiger charge is 2.42. The van der Waals surface area contributed by atoms with Crippen LogP contribution in [0.25, 0.3) is 11.3 Å². The van der Waals surface area contributed by atoms with Crippen molar-refractivity contribution in [3.05, 3.63) is 47.3 Å². The number of carbonyl (C=O) groups is 1. The van der Waals surface area contributed by atoms with E-state index in [1.165, 1.54) is 0 Å². The van der Waals surface area contributed by atoms with Gasteiger partial charge in [-0.15, -0.1) is 0 Å². The van der Waals surface area contributed by atoms with Gasteiger partial charge in [-0.2, -0.15) is 10.4 Å². The molecule has 4 heterocycles. The second kappa shape index (κ2) is 11.4. The van der Waals surface area contributed by atoms with Crippen LogP contribution in [0.3, 0.4) is 0 Å². The second-order valence-electron chi connectivity index (χ2n) is 13.9. The summed E-state index contributed by atoms with van der Waals surface area (Å²) in [5, 5.41) is 21.6. The third-order valence-electron chi connectivity index (χ3n) is 9.15. The topological polar surface area (TPSA) is 121 Å². The van der Waals surface area contributed by atoms with Crippen LogP contribution in [0, 0.1) is 11.3 Å². The lowest BCUT2D eigenvalue weighted by Gasteiger charge is -2.39. The fraction of sp³-hybridized carbons (Fsp3) is 0.531. The zero-order valence-corrected chi connectivity index (χ0v) is 27.7. The molecule has 1 amide bonds. The van der Waals surface area contributed by atoms with Gasteiger partial charge in [0.1, 0.15) is 11.9 Å². The summed E-state index contributed by atoms with van der Waals surface area (Å²) in [4.78, 5) is 24.2. The van der Waals surface area contributed by atoms with Crippen LogP contribution < -0.4 is 10.6 Å². The molecule has 0 spiro atoms. The van der Waals surface area contributed by atoms with Crippen molar-refractivity contribution in [3.8, 4) is 17.3 Å². The van der Waals surface area contributed by atoms with Crippen LogP contribution in [-0.4, -0.2) is 65.1 Å². The van der Waals surface area contributed by atoms with Gasteiger partial charge in [0.2, 0.25) is 5.95 Å². The smallest absolute Gasteiger partial charge is 0.274 e. The zero-order chi connectivity index (χ0) is 31.2. The Morgan fingerprint density at radius 3 is 2.60 bits per heavy atom. The Morgan fingerprint density at radius 2 is 1.95 bits per heavy atom. The van der Waals surface area contributed by atoms with Gasteiger partial charge < -0.3 is 20.0 Å². The largest absolute Gasteiger partial charge is 0.416 e. The van der Waals surface area contributed by atoms with Crippen LogP contribution in [-0.2, 0) is 9.84 Å². The molecule has 2 aromatic heterocycles. The molecule has 2 aliphatic heterocycles. The summed E-state index contributed by atoms with van der Waals surface area (Å²) in [6.07, 6.45) is 3.75. The standard InChI is InChI=1S/C32H44N8O2Si/c1-21(2)40-27(17-26(38-40)29(41)39-13-9-10-14-39)37-30-34-12-11-25(36-30)22-15-23(18-33)28-24(16-22)32(6,19-35-28)20-42-43(7,8)31(3,4)5/h11-12,15-17,21,35H,9-10,13-14,19-20H2,1-8H3,(H,34,36,37)/t32-/m1/s1. The van der Waals surface area contributed by atoms with Crippen LogP contribution in [0.1, 0.15) is 82.0 Å². The molecule has 11 heteroatoms. The van der Waals surface area contributed by atoms with Crippen LogP contribution in [0.5, 0.6) is 0 Å². The third-order valence-corrected chi connectivity index (χ3v) is 13.6. The summed E-state index contributed by atoms with van der Waals surface area (Å²) in [6.45, 7) is 20.3. The molecule has 43 heavy (non-hydrogen) atoms. The van der Waals surface area contributed by atoms with E-state index in [4.69, 9.17) is 9.41 Å². The number of nitrogens with zero attached hydrogens (tertiary/aromatic N) is 6. The quantitative estimate of drug-likeness (QED) is 0.282. The lowest BCUT2D eigenvalue weighted by Crippen LogP contribution is -2.45. The Labute approximate surface area is 256 Å². The summed E-state index contributed by atoms with van der Waals surface area (Å²) in [7, 11) is -1.96. The minimum Gasteiger partial charge on any atom is -0.416 e. The first kappa shape index (κ1) is 30.7. The molecule has 1 fully saturated rings. The van der Waals surface area contributed by atoms with E-state index in [9.17, 15) is 10.1 Å². The molecular weight excluding hydrogens is 556 g/mol. The van der Waals surface area contributed by atoms with Crippen molar-refractivity contribution in [1.29, 1.82) is 5.26 Å². The fourth-order valence-corrected chi connectivity index (χ4v) is 6.48. The number of benzene rings is 1. The second-order valence-corrected chi connectivity index (χ2v) is 18.7. The predicted octanol–water partition coefficient (Wildman–Crippen LogP) is 6.48. The van der Waals surface area contributed by atoms with Gasteiger partial charge in [0.05, 0.1) is 16.9 Å². The van der Waals surface area contributed by atoms with Crippen LogP contribution in [0.15, 0.2) is 30.5 Å². The number of fused-ring (bicyclic) bond motifs is 1. The molecule has 0 aliphatic carbocycles. The Balaban J connectivity index is 1.44. The number of aromatic nitrogens is 4. The molecule has 1 atom stereocenters. The van der Waals surface area contributed by atoms with E-state index in [0.717, 1.165) is 42.7 Å². The SMILES string of the molecule is CC(C)n1nc(C(=O)N2CCCC2)cc1Nc1nccc(-c2cc(C#N)c3c(c2)[C@@](C)(CO[Si](C)(C)C(C)(C)C)CN3)n1. The average molecular weight is 601 g/mol. The first-order valence-electron chi connectivity index (χ1n) is 15.2. The van der Waals surface area contributed by atoms with Gasteiger partial charge in [0, 0.05) is 55.5 Å². The van der Waals surface area contributed by atoms with E-state index in [1.807, 2.05) is 30.9 Å². The predicted molar refractivity (Wildman–Crippen MR) is 172 cm³/mol. The van der Waals surface area contributed by atoms with E-state index >= 15 is 0 Å². The van der Waals surface area contributed by atoms with Crippen molar-refractivity contribution in [3.63, 3.8) is 0 Å². The van der Waals surface area contributed by atoms with Gasteiger partial charge in [-0.1, -0.05) is 27.7 Å². The molecule has 1 aromatic carbocycles. The molecule has 2 aliphatic rings. The maximum absolute atomic E-state index is 13.0. The van der Waals surface area contributed by atoms with E-state index in [1.54, 1.807) is 16.9 Å². The molecule has 0 bridgehead atoms. The van der Waals surface area contributed by atoms with Gasteiger partial charge in [-0.3, -0.25) is 4.79 Å². The lowest BCUT2D eigenvalue weighted by atomic mass is 9.83. The first-order valence-corrected chi connectivity index (χ1v) is 18.1. The van der Waals surface area contributed by atoms with Crippen molar-refractivity contribution < 1.29 is 9.22 Å². The van der Waals surface area contributed by atoms with Gasteiger partial charge in [0.15, 0.2) is 14.0 Å². The number of amides is 1. The van der Waals surface area contributed by atoms with E-state index in [2.05, 4.69) is 73.6 Å². The van der Waals surface area contributed by atoms with Crippen LogP contribution in [0.4, 0.5) is 17.5 Å². The molecule has 10 nitrogen and oxygen atoms in total. The van der Waals surface area contributed by atoms with Crippen molar-refractivity contribution >= 4 is 31.7 Å². The molecule has 1 saturated heterocycles. The first-order chi connectivity index (χ1) is 20.2. The van der Waals surface area contributed by atoms with Crippen molar-refractivity contribution in [2.24, 2.45) is 0 Å². The van der Waals surface area contributed by atoms with Crippen LogP contribution >= 0.6 is 0 Å². The number of hydrogen-bond donors (Lipinski definition) is 2. The number of likely N-dealkylation sites (tertiary alicyclic amines) is 1. The van der Waals surface area contributed by atoms with Gasteiger partial charge in [-0.25, -0.2) is 14.6 Å². The summed E-state index contributed by atoms with van der Waals surface area (Å²) in [6, 6.07) is 10.0. The third kappa shape index (κ3) is 6.04. The Bertz CT molecular complexity index is 1560. The van der Waals surface area contributed by atoms with Crippen LogP contribution in [0.2, 0.25) is 18.1 Å². The Hall–Kier alpha value is -3.75. The summed E-state index contributed by atoms with van der Waals surface area (Å²) in [5.41, 5.74) is 4.18. The zero-order valence-electron chi connectivity index (χ0n) is 26.7. The van der Waals surface area contributed by atoms with E-state index in [-0.39, 0.29) is 22.4 Å². The number of anilines is 3. The van der Waals surface area contributed by atoms with Crippen molar-refractivity contribution in [2.75, 3.05) is 36.9 Å². The number of carbonyl (C=O) groups excluding carboxylic acids is 1. The lowest BCUT2D eigenvalue weighted by molar-refractivity contribution is 0.0786. The summed E-state index contributed by atoms with van der Waals surface area (Å²) >= 11 is 0. The number of rotatable bonds is 8. The molecule has 0 saturated carbocycles. The minimum atomic E-state index is -1.96. The van der Waals surface area contributed by atoms with Crippen molar-refractivity contribution in [1.82, 2.24) is 24.6 Å². The molecule has 5 rings (SSSR count). The molecule has 228 valence electrons. The maximum Gasteiger partial charge on any atom is 0.274 e.